The molecule has 0 fully saturated rings. The van der Waals surface area contributed by atoms with Crippen LogP contribution in [-0.2, 0) is 6.42 Å². The van der Waals surface area contributed by atoms with Crippen molar-refractivity contribution in [2.75, 3.05) is 19.5 Å². The first-order valence-corrected chi connectivity index (χ1v) is 8.49. The van der Waals surface area contributed by atoms with Crippen LogP contribution < -0.4 is 14.8 Å². The van der Waals surface area contributed by atoms with E-state index >= 15 is 0 Å². The molecule has 0 aliphatic carbocycles. The first kappa shape index (κ1) is 18.7. The van der Waals surface area contributed by atoms with Crippen molar-refractivity contribution in [1.29, 1.82) is 0 Å². The molecule has 0 unspecified atom stereocenters. The van der Waals surface area contributed by atoms with Crippen molar-refractivity contribution in [1.82, 2.24) is 4.98 Å². The third kappa shape index (κ3) is 4.08. The highest BCUT2D eigenvalue weighted by molar-refractivity contribution is 7.13. The molecular weight excluding hydrogens is 344 g/mol. The Bertz CT molecular complexity index is 801. The highest BCUT2D eigenvalue weighted by Gasteiger charge is 2.20. The van der Waals surface area contributed by atoms with Crippen molar-refractivity contribution < 1.29 is 24.2 Å². The summed E-state index contributed by atoms with van der Waals surface area (Å²) < 4.78 is 10.4. The van der Waals surface area contributed by atoms with Crippen LogP contribution in [0, 0.1) is 6.92 Å². The fraction of sp³-hybridized carbons (Fsp3) is 0.353. The second-order valence-electron chi connectivity index (χ2n) is 5.29. The topological polar surface area (TPSA) is 97.8 Å². The van der Waals surface area contributed by atoms with E-state index in [9.17, 15) is 14.7 Å². The molecule has 1 aromatic carbocycles. The van der Waals surface area contributed by atoms with Gasteiger partial charge in [-0.15, -0.1) is 11.3 Å². The third-order valence-electron chi connectivity index (χ3n) is 3.49. The molecule has 2 N–H and O–H groups in total. The van der Waals surface area contributed by atoms with E-state index in [0.29, 0.717) is 10.6 Å². The first-order chi connectivity index (χ1) is 11.9. The molecule has 134 valence electrons. The molecule has 0 spiro atoms. The third-order valence-corrected chi connectivity index (χ3v) is 4.70. The molecule has 0 aliphatic rings. The smallest absolute Gasteiger partial charge is 0.335 e. The quantitative estimate of drug-likeness (QED) is 0.782. The van der Waals surface area contributed by atoms with E-state index in [-0.39, 0.29) is 28.7 Å². The normalized spacial score (nSPS) is 10.4. The maximum Gasteiger partial charge on any atom is 0.335 e. The molecule has 2 rings (SSSR count). The Balaban J connectivity index is 2.39. The number of ether oxygens (including phenoxy) is 2. The van der Waals surface area contributed by atoms with Gasteiger partial charge in [0, 0.05) is 0 Å². The number of aromatic carboxylic acids is 1. The molecule has 0 saturated carbocycles. The van der Waals surface area contributed by atoms with Gasteiger partial charge in [0.25, 0.3) is 5.91 Å². The molecule has 1 heterocycles. The van der Waals surface area contributed by atoms with Crippen LogP contribution in [0.4, 0.5) is 5.69 Å². The number of aryl methyl sites for hydroxylation is 2. The number of rotatable bonds is 7. The van der Waals surface area contributed by atoms with Crippen LogP contribution in [-0.4, -0.2) is 36.2 Å². The zero-order valence-electron chi connectivity index (χ0n) is 14.5. The number of carbonyl (C=O) groups excluding carboxylic acids is 1. The van der Waals surface area contributed by atoms with E-state index in [4.69, 9.17) is 9.47 Å². The zero-order valence-corrected chi connectivity index (χ0v) is 15.3. The summed E-state index contributed by atoms with van der Waals surface area (Å²) in [5.74, 6) is -1.00. The van der Waals surface area contributed by atoms with Crippen molar-refractivity contribution >= 4 is 28.9 Å². The Morgan fingerprint density at radius 2 is 2.00 bits per heavy atom. The monoisotopic (exact) mass is 364 g/mol. The van der Waals surface area contributed by atoms with Crippen molar-refractivity contribution in [2.24, 2.45) is 0 Å². The average Bonchev–Trinajstić information content (AvgIpc) is 2.94. The van der Waals surface area contributed by atoms with Crippen LogP contribution in [0.1, 0.15) is 44.1 Å². The molecule has 1 amide bonds. The molecule has 7 nitrogen and oxygen atoms in total. The second-order valence-corrected chi connectivity index (χ2v) is 6.37. The molecule has 0 aliphatic heterocycles. The minimum Gasteiger partial charge on any atom is -0.493 e. The van der Waals surface area contributed by atoms with Crippen molar-refractivity contribution in [3.63, 3.8) is 0 Å². The van der Waals surface area contributed by atoms with Gasteiger partial charge in [-0.25, -0.2) is 9.78 Å². The summed E-state index contributed by atoms with van der Waals surface area (Å²) in [6.45, 7) is 3.82. The van der Waals surface area contributed by atoms with Gasteiger partial charge in [0.1, 0.15) is 4.88 Å². The number of thiazole rings is 1. The van der Waals surface area contributed by atoms with Crippen molar-refractivity contribution in [3.05, 3.63) is 33.3 Å². The molecule has 0 radical (unpaired) electrons. The number of carbonyl (C=O) groups is 2. The number of aromatic nitrogens is 1. The summed E-state index contributed by atoms with van der Waals surface area (Å²) in [4.78, 5) is 28.8. The number of hydrogen-bond donors (Lipinski definition) is 2. The summed E-state index contributed by atoms with van der Waals surface area (Å²) in [7, 11) is 2.82. The second kappa shape index (κ2) is 7.98. The molecule has 0 bridgehead atoms. The van der Waals surface area contributed by atoms with E-state index in [1.165, 1.54) is 37.7 Å². The molecule has 1 aromatic heterocycles. The fourth-order valence-electron chi connectivity index (χ4n) is 2.34. The zero-order chi connectivity index (χ0) is 18.6. The van der Waals surface area contributed by atoms with E-state index in [1.807, 2.05) is 6.92 Å². The van der Waals surface area contributed by atoms with E-state index in [1.54, 1.807) is 6.92 Å². The number of nitrogens with one attached hydrogen (secondary N) is 1. The first-order valence-electron chi connectivity index (χ1n) is 7.68. The maximum absolute atomic E-state index is 12.6. The van der Waals surface area contributed by atoms with Gasteiger partial charge in [0.15, 0.2) is 11.5 Å². The molecule has 2 aromatic rings. The Morgan fingerprint density at radius 1 is 1.28 bits per heavy atom. The molecule has 8 heteroatoms. The van der Waals surface area contributed by atoms with Gasteiger partial charge in [-0.3, -0.25) is 4.79 Å². The molecule has 0 saturated heterocycles. The van der Waals surface area contributed by atoms with Gasteiger partial charge >= 0.3 is 5.97 Å². The molecule has 25 heavy (non-hydrogen) atoms. The lowest BCUT2D eigenvalue weighted by Gasteiger charge is -2.14. The van der Waals surface area contributed by atoms with Gasteiger partial charge in [0.05, 0.1) is 36.2 Å². The van der Waals surface area contributed by atoms with Crippen LogP contribution >= 0.6 is 11.3 Å². The van der Waals surface area contributed by atoms with Crippen molar-refractivity contribution in [2.45, 2.75) is 26.7 Å². The summed E-state index contributed by atoms with van der Waals surface area (Å²) in [6, 6.07) is 2.68. The summed E-state index contributed by atoms with van der Waals surface area (Å²) in [5.41, 5.74) is 0.862. The number of anilines is 1. The summed E-state index contributed by atoms with van der Waals surface area (Å²) in [5, 5.41) is 12.8. The highest BCUT2D eigenvalue weighted by Crippen LogP contribution is 2.37. The van der Waals surface area contributed by atoms with Gasteiger partial charge < -0.3 is 19.9 Å². The van der Waals surface area contributed by atoms with Gasteiger partial charge in [0.2, 0.25) is 0 Å². The van der Waals surface area contributed by atoms with Gasteiger partial charge in [-0.05, 0) is 31.9 Å². The lowest BCUT2D eigenvalue weighted by molar-refractivity contribution is 0.0696. The predicted molar refractivity (Wildman–Crippen MR) is 95.3 cm³/mol. The van der Waals surface area contributed by atoms with E-state index in [2.05, 4.69) is 10.3 Å². The highest BCUT2D eigenvalue weighted by atomic mass is 32.1. The minimum atomic E-state index is -1.13. The Hall–Kier alpha value is -2.61. The van der Waals surface area contributed by atoms with Crippen molar-refractivity contribution in [3.8, 4) is 11.5 Å². The van der Waals surface area contributed by atoms with Gasteiger partial charge in [-0.2, -0.15) is 0 Å². The largest absolute Gasteiger partial charge is 0.493 e. The average molecular weight is 364 g/mol. The van der Waals surface area contributed by atoms with Crippen LogP contribution in [0.3, 0.4) is 0 Å². The molecular formula is C17H20N2O5S. The number of hydrogen-bond acceptors (Lipinski definition) is 6. The molecule has 0 atom stereocenters. The maximum atomic E-state index is 12.6. The fourth-order valence-corrected chi connectivity index (χ4v) is 3.41. The standard InChI is InChI=1S/C17H20N2O5S/c1-5-6-13-18-9(2)15(25-13)16(20)19-11-7-10(17(21)22)8-12(23-3)14(11)24-4/h7-8H,5-6H2,1-4H3,(H,19,20)(H,21,22). The van der Waals surface area contributed by atoms with Crippen LogP contribution in [0.2, 0.25) is 0 Å². The Labute approximate surface area is 149 Å². The minimum absolute atomic E-state index is 0.0133. The van der Waals surface area contributed by atoms with Crippen LogP contribution in [0.15, 0.2) is 12.1 Å². The van der Waals surface area contributed by atoms with Crippen LogP contribution in [0.5, 0.6) is 11.5 Å². The number of carboxylic acids is 1. The number of amides is 1. The number of benzene rings is 1. The van der Waals surface area contributed by atoms with E-state index < -0.39 is 5.97 Å². The number of carboxylic acid groups (broad SMARTS) is 1. The van der Waals surface area contributed by atoms with E-state index in [0.717, 1.165) is 17.8 Å². The lowest BCUT2D eigenvalue weighted by Crippen LogP contribution is -2.13. The Morgan fingerprint density at radius 3 is 2.56 bits per heavy atom. The Kier molecular flexibility index (Phi) is 5.97. The lowest BCUT2D eigenvalue weighted by atomic mass is 10.1. The summed E-state index contributed by atoms with van der Waals surface area (Å²) >= 11 is 1.33. The number of nitrogens with zero attached hydrogens (tertiary/aromatic N) is 1. The SMILES string of the molecule is CCCc1nc(C)c(C(=O)Nc2cc(C(=O)O)cc(OC)c2OC)s1. The summed E-state index contributed by atoms with van der Waals surface area (Å²) in [6.07, 6.45) is 1.75. The van der Waals surface area contributed by atoms with Crippen LogP contribution in [0.25, 0.3) is 0 Å². The predicted octanol–water partition coefficient (Wildman–Crippen LogP) is 3.37. The number of methoxy groups -OCH3 is 2. The van der Waals surface area contributed by atoms with Gasteiger partial charge in [-0.1, -0.05) is 6.92 Å².